The highest BCUT2D eigenvalue weighted by Gasteiger charge is 2.51. The molecule has 0 bridgehead atoms. The van der Waals surface area contributed by atoms with Crippen LogP contribution in [0.5, 0.6) is 0 Å². The molecule has 10 aromatic carbocycles. The van der Waals surface area contributed by atoms with Gasteiger partial charge in [0.15, 0.2) is 0 Å². The minimum Gasteiger partial charge on any atom is -0.310 e. The van der Waals surface area contributed by atoms with Crippen molar-refractivity contribution in [2.45, 2.75) is 5.41 Å². The fourth-order valence-corrected chi connectivity index (χ4v) is 10.4. The number of hydrogen-bond acceptors (Lipinski definition) is 1. The quantitative estimate of drug-likeness (QED) is 0.162. The van der Waals surface area contributed by atoms with E-state index in [0.29, 0.717) is 0 Å². The Labute approximate surface area is 355 Å². The van der Waals surface area contributed by atoms with Gasteiger partial charge in [0.25, 0.3) is 0 Å². The lowest BCUT2D eigenvalue weighted by atomic mass is 9.70. The second-order valence-electron chi connectivity index (χ2n) is 16.1. The van der Waals surface area contributed by atoms with Gasteiger partial charge in [-0.25, -0.2) is 4.39 Å². The first kappa shape index (κ1) is 35.2. The van der Waals surface area contributed by atoms with Crippen LogP contribution in [0.3, 0.4) is 0 Å². The van der Waals surface area contributed by atoms with Crippen molar-refractivity contribution in [1.82, 2.24) is 0 Å². The van der Waals surface area contributed by atoms with E-state index in [4.69, 9.17) is 0 Å². The van der Waals surface area contributed by atoms with Gasteiger partial charge in [0.05, 0.1) is 5.41 Å². The van der Waals surface area contributed by atoms with E-state index in [-0.39, 0.29) is 5.82 Å². The second kappa shape index (κ2) is 13.9. The Hall–Kier alpha value is -7.81. The van der Waals surface area contributed by atoms with Gasteiger partial charge < -0.3 is 4.90 Å². The van der Waals surface area contributed by atoms with Crippen LogP contribution >= 0.6 is 0 Å². The van der Waals surface area contributed by atoms with E-state index < -0.39 is 5.41 Å². The summed E-state index contributed by atoms with van der Waals surface area (Å²) in [6.45, 7) is 0. The zero-order valence-corrected chi connectivity index (χ0v) is 33.3. The van der Waals surface area contributed by atoms with Gasteiger partial charge in [-0.2, -0.15) is 0 Å². The summed E-state index contributed by atoms with van der Waals surface area (Å²) >= 11 is 0. The monoisotopic (exact) mass is 779 g/mol. The largest absolute Gasteiger partial charge is 0.310 e. The highest BCUT2D eigenvalue weighted by atomic mass is 19.1. The molecule has 0 N–H and O–H groups in total. The summed E-state index contributed by atoms with van der Waals surface area (Å²) in [5, 5.41) is 2.21. The Morgan fingerprint density at radius 1 is 0.295 bits per heavy atom. The Balaban J connectivity index is 1.08. The summed E-state index contributed by atoms with van der Waals surface area (Å²) < 4.78 is 14.7. The minimum absolute atomic E-state index is 0.244. The molecule has 0 atom stereocenters. The van der Waals surface area contributed by atoms with Gasteiger partial charge in [-0.1, -0.05) is 182 Å². The molecule has 12 rings (SSSR count). The Kier molecular flexibility index (Phi) is 8.01. The molecule has 61 heavy (non-hydrogen) atoms. The smallest absolute Gasteiger partial charge is 0.123 e. The van der Waals surface area contributed by atoms with Gasteiger partial charge in [0.2, 0.25) is 0 Å². The first-order chi connectivity index (χ1) is 30.2. The van der Waals surface area contributed by atoms with E-state index in [9.17, 15) is 4.39 Å². The van der Waals surface area contributed by atoms with Crippen LogP contribution in [-0.2, 0) is 5.41 Å². The maximum atomic E-state index is 14.7. The number of hydrogen-bond donors (Lipinski definition) is 0. The molecule has 0 aromatic heterocycles. The normalized spacial score (nSPS) is 12.8. The zero-order chi connectivity index (χ0) is 40.5. The standard InChI is InChI=1S/C59H38FN/c60-44-20-10-18-42(36-44)48-25-12-16-41-17-13-26-49(58(41)48)43-19-11-21-46(37-43)61(45-32-30-40(31-33-45)39-14-2-1-3-15-39)47-34-35-53-52-24-6-9-29-56(52)59(57(53)38-47)54-27-7-4-22-50(54)51-23-5-8-28-55(51)59/h1-38H. The fourth-order valence-electron chi connectivity index (χ4n) is 10.4. The van der Waals surface area contributed by atoms with Crippen molar-refractivity contribution in [2.24, 2.45) is 0 Å². The molecule has 2 heteroatoms. The predicted molar refractivity (Wildman–Crippen MR) is 251 cm³/mol. The maximum absolute atomic E-state index is 14.7. The van der Waals surface area contributed by atoms with Gasteiger partial charge in [-0.15, -0.1) is 0 Å². The molecule has 0 saturated carbocycles. The molecule has 286 valence electrons. The molecule has 0 saturated heterocycles. The number of nitrogens with zero attached hydrogens (tertiary/aromatic N) is 1. The van der Waals surface area contributed by atoms with Gasteiger partial charge in [0.1, 0.15) is 5.82 Å². The molecule has 2 aliphatic carbocycles. The Bertz CT molecular complexity index is 3260. The Morgan fingerprint density at radius 3 is 1.38 bits per heavy atom. The van der Waals surface area contributed by atoms with E-state index in [2.05, 4.69) is 211 Å². The van der Waals surface area contributed by atoms with Crippen LogP contribution in [0.15, 0.2) is 231 Å². The summed E-state index contributed by atoms with van der Waals surface area (Å²) in [5.41, 5.74) is 19.5. The van der Waals surface area contributed by atoms with Crippen molar-refractivity contribution in [3.05, 3.63) is 259 Å². The van der Waals surface area contributed by atoms with Crippen molar-refractivity contribution in [2.75, 3.05) is 4.90 Å². The van der Waals surface area contributed by atoms with Crippen LogP contribution in [0.2, 0.25) is 0 Å². The van der Waals surface area contributed by atoms with Crippen molar-refractivity contribution >= 4 is 27.8 Å². The topological polar surface area (TPSA) is 3.24 Å². The van der Waals surface area contributed by atoms with E-state index >= 15 is 0 Å². The predicted octanol–water partition coefficient (Wildman–Crippen LogP) is 15.8. The van der Waals surface area contributed by atoms with Gasteiger partial charge in [0, 0.05) is 17.1 Å². The zero-order valence-electron chi connectivity index (χ0n) is 33.3. The van der Waals surface area contributed by atoms with Crippen molar-refractivity contribution in [3.63, 3.8) is 0 Å². The van der Waals surface area contributed by atoms with Crippen LogP contribution in [0, 0.1) is 5.82 Å². The number of benzene rings is 10. The lowest BCUT2D eigenvalue weighted by Gasteiger charge is -2.32. The number of rotatable bonds is 6. The number of anilines is 3. The molecular formula is C59H38FN. The average molecular weight is 780 g/mol. The maximum Gasteiger partial charge on any atom is 0.123 e. The van der Waals surface area contributed by atoms with Gasteiger partial charge in [-0.05, 0) is 137 Å². The SMILES string of the molecule is Fc1cccc(-c2cccc3cccc(-c4cccc(N(c5ccc(-c6ccccc6)cc5)c5ccc6c(c5)C5(c7ccccc7-c7ccccc75)c5ccccc5-6)c4)c23)c1. The van der Waals surface area contributed by atoms with E-state index in [1.54, 1.807) is 12.1 Å². The fraction of sp³-hybridized carbons (Fsp3) is 0.0169. The van der Waals surface area contributed by atoms with Crippen LogP contribution in [0.25, 0.3) is 66.4 Å². The minimum atomic E-state index is -0.462. The molecule has 1 spiro atoms. The molecule has 2 aliphatic rings. The average Bonchev–Trinajstić information content (AvgIpc) is 3.79. The summed E-state index contributed by atoms with van der Waals surface area (Å²) in [6, 6.07) is 82.0. The van der Waals surface area contributed by atoms with Crippen molar-refractivity contribution < 1.29 is 4.39 Å². The van der Waals surface area contributed by atoms with Crippen LogP contribution in [0.4, 0.5) is 21.5 Å². The lowest BCUT2D eigenvalue weighted by Crippen LogP contribution is -2.26. The second-order valence-corrected chi connectivity index (χ2v) is 16.1. The highest BCUT2D eigenvalue weighted by molar-refractivity contribution is 6.07. The molecule has 0 unspecified atom stereocenters. The van der Waals surface area contributed by atoms with Crippen molar-refractivity contribution in [1.29, 1.82) is 0 Å². The molecule has 0 radical (unpaired) electrons. The third kappa shape index (κ3) is 5.39. The number of halogens is 1. The summed E-state index contributed by atoms with van der Waals surface area (Å²) in [4.78, 5) is 2.40. The van der Waals surface area contributed by atoms with E-state index in [1.807, 2.05) is 6.07 Å². The molecular weight excluding hydrogens is 742 g/mol. The van der Waals surface area contributed by atoms with Crippen LogP contribution < -0.4 is 4.90 Å². The van der Waals surface area contributed by atoms with Gasteiger partial charge >= 0.3 is 0 Å². The van der Waals surface area contributed by atoms with Gasteiger partial charge in [-0.3, -0.25) is 0 Å². The lowest BCUT2D eigenvalue weighted by molar-refractivity contribution is 0.628. The summed E-state index contributed by atoms with van der Waals surface area (Å²) in [6.07, 6.45) is 0. The molecule has 0 aliphatic heterocycles. The summed E-state index contributed by atoms with van der Waals surface area (Å²) in [5.74, 6) is -0.244. The van der Waals surface area contributed by atoms with Crippen molar-refractivity contribution in [3.8, 4) is 55.6 Å². The first-order valence-corrected chi connectivity index (χ1v) is 20.9. The molecule has 0 amide bonds. The summed E-state index contributed by atoms with van der Waals surface area (Å²) in [7, 11) is 0. The first-order valence-electron chi connectivity index (χ1n) is 20.9. The third-order valence-corrected chi connectivity index (χ3v) is 12.9. The number of fused-ring (bicyclic) bond motifs is 11. The van der Waals surface area contributed by atoms with Crippen LogP contribution in [0.1, 0.15) is 22.3 Å². The molecule has 10 aromatic rings. The third-order valence-electron chi connectivity index (χ3n) is 12.9. The highest BCUT2D eigenvalue weighted by Crippen LogP contribution is 2.63. The Morgan fingerprint density at radius 2 is 0.754 bits per heavy atom. The molecule has 0 heterocycles. The molecule has 1 nitrogen and oxygen atoms in total. The molecule has 0 fully saturated rings. The van der Waals surface area contributed by atoms with E-state index in [0.717, 1.165) is 50.1 Å². The van der Waals surface area contributed by atoms with Crippen LogP contribution in [-0.4, -0.2) is 0 Å². The van der Waals surface area contributed by atoms with E-state index in [1.165, 1.54) is 61.7 Å².